The van der Waals surface area contributed by atoms with E-state index in [2.05, 4.69) is 103 Å². The maximum absolute atomic E-state index is 7.07. The van der Waals surface area contributed by atoms with E-state index in [0.29, 0.717) is 17.5 Å². The molecule has 0 atom stereocenters. The van der Waals surface area contributed by atoms with Gasteiger partial charge in [0.25, 0.3) is 0 Å². The van der Waals surface area contributed by atoms with Gasteiger partial charge in [0.2, 0.25) is 0 Å². The van der Waals surface area contributed by atoms with E-state index in [-0.39, 0.29) is 5.84 Å². The van der Waals surface area contributed by atoms with Crippen LogP contribution in [0.5, 0.6) is 0 Å². The zero-order valence-electron chi connectivity index (χ0n) is 28.5. The minimum absolute atomic E-state index is 0.104. The van der Waals surface area contributed by atoms with Crippen LogP contribution in [0.15, 0.2) is 170 Å². The van der Waals surface area contributed by atoms with Gasteiger partial charge in [-0.3, -0.25) is 10.4 Å². The number of benzene rings is 6. The third kappa shape index (κ3) is 11.7. The number of halogens is 3. The van der Waals surface area contributed by atoms with Crippen LogP contribution in [0.25, 0.3) is 34.2 Å². The summed E-state index contributed by atoms with van der Waals surface area (Å²) in [5.74, 6) is 2.09. The second kappa shape index (κ2) is 18.9. The lowest BCUT2D eigenvalue weighted by Gasteiger charge is -2.09. The molecule has 3 N–H and O–H groups in total. The minimum Gasteiger partial charge on any atom is -0.384 e. The van der Waals surface area contributed by atoms with Crippen molar-refractivity contribution in [2.24, 2.45) is 10.7 Å². The van der Waals surface area contributed by atoms with Crippen LogP contribution in [0.3, 0.4) is 0 Å². The summed E-state index contributed by atoms with van der Waals surface area (Å²) in [5, 5.41) is 7.07. The molecular weight excluding hydrogens is 840 g/mol. The molecule has 6 aromatic carbocycles. The van der Waals surface area contributed by atoms with Crippen molar-refractivity contribution in [3.63, 3.8) is 0 Å². The Morgan fingerprint density at radius 2 is 0.885 bits per heavy atom. The first kappa shape index (κ1) is 38.1. The molecular formula is C43H35Br3N6. The number of nitrogens with two attached hydrogens (primary N) is 1. The highest BCUT2D eigenvalue weighted by Crippen LogP contribution is 2.26. The van der Waals surface area contributed by atoms with Crippen molar-refractivity contribution in [2.75, 3.05) is 0 Å². The summed E-state index contributed by atoms with van der Waals surface area (Å²) in [5.41, 5.74) is 13.4. The second-order valence-corrected chi connectivity index (χ2v) is 14.4. The van der Waals surface area contributed by atoms with Crippen LogP contribution in [0.1, 0.15) is 22.3 Å². The number of aromatic nitrogens is 3. The lowest BCUT2D eigenvalue weighted by molar-refractivity contribution is 1.07. The van der Waals surface area contributed by atoms with Crippen LogP contribution in [0, 0.1) is 19.3 Å². The fourth-order valence-electron chi connectivity index (χ4n) is 4.61. The molecule has 0 aliphatic carbocycles. The average Bonchev–Trinajstić information content (AvgIpc) is 3.16. The summed E-state index contributed by atoms with van der Waals surface area (Å²) >= 11 is 10.2. The van der Waals surface area contributed by atoms with E-state index >= 15 is 0 Å². The summed E-state index contributed by atoms with van der Waals surface area (Å²) < 4.78 is 3.04. The molecule has 0 aliphatic rings. The van der Waals surface area contributed by atoms with Crippen LogP contribution < -0.4 is 5.73 Å². The van der Waals surface area contributed by atoms with Gasteiger partial charge in [0, 0.05) is 41.9 Å². The van der Waals surface area contributed by atoms with Gasteiger partial charge >= 0.3 is 0 Å². The highest BCUT2D eigenvalue weighted by molar-refractivity contribution is 9.11. The number of para-hydroxylation sites is 1. The van der Waals surface area contributed by atoms with Crippen LogP contribution in [-0.4, -0.2) is 27.0 Å². The largest absolute Gasteiger partial charge is 0.384 e. The molecule has 1 heterocycles. The molecule has 0 unspecified atom stereocenters. The summed E-state index contributed by atoms with van der Waals surface area (Å²) in [4.78, 5) is 18.6. The first-order valence-electron chi connectivity index (χ1n) is 16.2. The van der Waals surface area contributed by atoms with Crippen molar-refractivity contribution in [1.82, 2.24) is 15.0 Å². The quantitative estimate of drug-likeness (QED) is 0.128. The van der Waals surface area contributed by atoms with Gasteiger partial charge in [-0.15, -0.1) is 0 Å². The molecule has 0 bridgehead atoms. The molecule has 7 aromatic rings. The van der Waals surface area contributed by atoms with Gasteiger partial charge in [-0.2, -0.15) is 0 Å². The third-order valence-corrected chi connectivity index (χ3v) is 9.09. The molecule has 6 nitrogen and oxygen atoms in total. The van der Waals surface area contributed by atoms with E-state index in [0.717, 1.165) is 46.9 Å². The number of nitrogens with zero attached hydrogens (tertiary/aromatic N) is 4. The number of aliphatic imine (C=N–C) groups is 1. The number of rotatable bonds is 6. The van der Waals surface area contributed by atoms with Gasteiger partial charge in [0.05, 0.1) is 5.69 Å². The van der Waals surface area contributed by atoms with Crippen molar-refractivity contribution in [1.29, 1.82) is 5.41 Å². The highest BCUT2D eigenvalue weighted by atomic mass is 79.9. The second-order valence-electron chi connectivity index (χ2n) is 11.6. The SMILES string of the molecule is Cc1ccc(-c2nc(-c3ccc(Br)cc3)nc(-c3ccc(Br)cc3)n2)cc1.Cc1ccc(C=Nc2ccccc2)cc1.N=C(N)c1ccc(Br)cc1. The fraction of sp³-hybridized carbons (Fsp3) is 0.0465. The van der Waals surface area contributed by atoms with Crippen molar-refractivity contribution in [3.05, 3.63) is 187 Å². The van der Waals surface area contributed by atoms with E-state index in [1.807, 2.05) is 109 Å². The normalized spacial score (nSPS) is 10.5. The Balaban J connectivity index is 0.000000175. The first-order chi connectivity index (χ1) is 25.1. The standard InChI is InChI=1S/C22H15Br2N3.C14H13N.C7H7BrN2/c1-14-2-4-15(5-3-14)20-25-21(16-6-10-18(23)11-7-16)27-22(26-20)17-8-12-19(24)13-9-17;1-12-7-9-13(10-8-12)11-15-14-5-3-2-4-6-14;8-6-3-1-5(2-4-6)7(9)10/h2-13H,1H3;2-11H,1H3;1-4H,(H3,9,10). The molecule has 7 rings (SSSR count). The molecule has 52 heavy (non-hydrogen) atoms. The maximum Gasteiger partial charge on any atom is 0.164 e. The minimum atomic E-state index is 0.104. The Morgan fingerprint density at radius 1 is 0.519 bits per heavy atom. The zero-order chi connectivity index (χ0) is 36.9. The lowest BCUT2D eigenvalue weighted by atomic mass is 10.1. The molecule has 1 aromatic heterocycles. The Morgan fingerprint density at radius 3 is 1.29 bits per heavy atom. The monoisotopic (exact) mass is 872 g/mol. The highest BCUT2D eigenvalue weighted by Gasteiger charge is 2.12. The van der Waals surface area contributed by atoms with Gasteiger partial charge in [-0.25, -0.2) is 15.0 Å². The summed E-state index contributed by atoms with van der Waals surface area (Å²) in [6.07, 6.45) is 1.88. The Bertz CT molecular complexity index is 2070. The van der Waals surface area contributed by atoms with Gasteiger partial charge < -0.3 is 5.73 Å². The van der Waals surface area contributed by atoms with Crippen molar-refractivity contribution in [3.8, 4) is 34.2 Å². The lowest BCUT2D eigenvalue weighted by Crippen LogP contribution is -2.10. The van der Waals surface area contributed by atoms with Crippen molar-refractivity contribution < 1.29 is 0 Å². The van der Waals surface area contributed by atoms with E-state index in [1.54, 1.807) is 12.1 Å². The molecule has 0 spiro atoms. The van der Waals surface area contributed by atoms with Crippen LogP contribution >= 0.6 is 47.8 Å². The van der Waals surface area contributed by atoms with E-state index in [4.69, 9.17) is 26.1 Å². The van der Waals surface area contributed by atoms with Crippen LogP contribution in [0.4, 0.5) is 5.69 Å². The van der Waals surface area contributed by atoms with E-state index in [1.165, 1.54) is 11.1 Å². The molecule has 0 saturated carbocycles. The maximum atomic E-state index is 7.07. The van der Waals surface area contributed by atoms with Crippen LogP contribution in [-0.2, 0) is 0 Å². The summed E-state index contributed by atoms with van der Waals surface area (Å²) in [6.45, 7) is 4.15. The predicted molar refractivity (Wildman–Crippen MR) is 226 cm³/mol. The topological polar surface area (TPSA) is 101 Å². The third-order valence-electron chi connectivity index (χ3n) is 7.50. The summed E-state index contributed by atoms with van der Waals surface area (Å²) in [7, 11) is 0. The number of aryl methyl sites for hydroxylation is 2. The van der Waals surface area contributed by atoms with Crippen molar-refractivity contribution >= 4 is 65.5 Å². The molecule has 0 aliphatic heterocycles. The number of hydrogen-bond acceptors (Lipinski definition) is 5. The molecule has 0 saturated heterocycles. The molecule has 0 radical (unpaired) electrons. The van der Waals surface area contributed by atoms with Gasteiger partial charge in [0.15, 0.2) is 17.5 Å². The first-order valence-corrected chi connectivity index (χ1v) is 18.6. The summed E-state index contributed by atoms with van der Waals surface area (Å²) in [6, 6.07) is 49.8. The fourth-order valence-corrected chi connectivity index (χ4v) is 5.40. The van der Waals surface area contributed by atoms with E-state index < -0.39 is 0 Å². The smallest absolute Gasteiger partial charge is 0.164 e. The van der Waals surface area contributed by atoms with Gasteiger partial charge in [-0.1, -0.05) is 162 Å². The molecule has 9 heteroatoms. The van der Waals surface area contributed by atoms with Crippen molar-refractivity contribution in [2.45, 2.75) is 13.8 Å². The number of amidine groups is 1. The van der Waals surface area contributed by atoms with Crippen LogP contribution in [0.2, 0.25) is 0 Å². The molecule has 0 fully saturated rings. The number of hydrogen-bond donors (Lipinski definition) is 2. The Kier molecular flexibility index (Phi) is 13.9. The van der Waals surface area contributed by atoms with Gasteiger partial charge in [-0.05, 0) is 67.9 Å². The average molecular weight is 876 g/mol. The number of nitrogen functional groups attached to an aromatic ring is 1. The Hall–Kier alpha value is -5.09. The Labute approximate surface area is 329 Å². The molecule has 258 valence electrons. The molecule has 0 amide bonds. The van der Waals surface area contributed by atoms with E-state index in [9.17, 15) is 0 Å². The number of nitrogens with one attached hydrogen (secondary N) is 1. The predicted octanol–water partition coefficient (Wildman–Crippen LogP) is 12.2. The van der Waals surface area contributed by atoms with Gasteiger partial charge in [0.1, 0.15) is 5.84 Å². The zero-order valence-corrected chi connectivity index (χ0v) is 33.3.